The van der Waals surface area contributed by atoms with Gasteiger partial charge in [0, 0.05) is 37.3 Å². The van der Waals surface area contributed by atoms with Crippen LogP contribution in [-0.2, 0) is 11.3 Å². The number of ether oxygens (including phenoxy) is 1. The highest BCUT2D eigenvalue weighted by atomic mass is 79.9. The molecule has 1 atom stereocenters. The van der Waals surface area contributed by atoms with Crippen molar-refractivity contribution >= 4 is 15.9 Å². The molecule has 0 radical (unpaired) electrons. The molecule has 18 heavy (non-hydrogen) atoms. The van der Waals surface area contributed by atoms with Crippen molar-refractivity contribution in [2.24, 2.45) is 5.73 Å². The van der Waals surface area contributed by atoms with E-state index in [-0.39, 0.29) is 6.04 Å². The van der Waals surface area contributed by atoms with Gasteiger partial charge in [-0.15, -0.1) is 0 Å². The van der Waals surface area contributed by atoms with E-state index in [9.17, 15) is 0 Å². The second-order valence-corrected chi connectivity index (χ2v) is 5.54. The van der Waals surface area contributed by atoms with Crippen molar-refractivity contribution in [1.29, 1.82) is 0 Å². The van der Waals surface area contributed by atoms with Gasteiger partial charge in [0.05, 0.1) is 0 Å². The molecule has 0 fully saturated rings. The Morgan fingerprint density at radius 1 is 1.39 bits per heavy atom. The lowest BCUT2D eigenvalue weighted by molar-refractivity contribution is 0.187. The van der Waals surface area contributed by atoms with E-state index in [0.29, 0.717) is 0 Å². The van der Waals surface area contributed by atoms with Crippen molar-refractivity contribution in [2.75, 3.05) is 27.3 Å². The first-order valence-electron chi connectivity index (χ1n) is 6.30. The van der Waals surface area contributed by atoms with Crippen LogP contribution in [0.3, 0.4) is 0 Å². The van der Waals surface area contributed by atoms with Gasteiger partial charge in [0.1, 0.15) is 0 Å². The summed E-state index contributed by atoms with van der Waals surface area (Å²) in [6.45, 7) is 2.62. The summed E-state index contributed by atoms with van der Waals surface area (Å²) in [5.74, 6) is 0. The first kappa shape index (κ1) is 15.6. The van der Waals surface area contributed by atoms with Gasteiger partial charge in [-0.2, -0.15) is 0 Å². The van der Waals surface area contributed by atoms with Crippen LogP contribution >= 0.6 is 15.9 Å². The van der Waals surface area contributed by atoms with Crippen molar-refractivity contribution in [3.05, 3.63) is 34.3 Å². The van der Waals surface area contributed by atoms with Gasteiger partial charge in [0.2, 0.25) is 0 Å². The molecule has 0 spiro atoms. The van der Waals surface area contributed by atoms with E-state index in [2.05, 4.69) is 46.1 Å². The van der Waals surface area contributed by atoms with Gasteiger partial charge < -0.3 is 15.4 Å². The zero-order valence-corrected chi connectivity index (χ0v) is 12.8. The fourth-order valence-electron chi connectivity index (χ4n) is 1.96. The maximum absolute atomic E-state index is 6.10. The normalized spacial score (nSPS) is 12.9. The number of rotatable bonds is 8. The summed E-state index contributed by atoms with van der Waals surface area (Å²) in [6.07, 6.45) is 2.04. The lowest BCUT2D eigenvalue weighted by Crippen LogP contribution is -2.35. The third kappa shape index (κ3) is 5.96. The number of hydrogen-bond acceptors (Lipinski definition) is 3. The Morgan fingerprint density at radius 2 is 2.11 bits per heavy atom. The number of methoxy groups -OCH3 is 1. The van der Waals surface area contributed by atoms with Crippen molar-refractivity contribution in [2.45, 2.75) is 25.4 Å². The predicted octanol–water partition coefficient (Wildman–Crippen LogP) is 2.63. The summed E-state index contributed by atoms with van der Waals surface area (Å²) in [5.41, 5.74) is 7.39. The first-order chi connectivity index (χ1) is 8.63. The van der Waals surface area contributed by atoms with E-state index in [0.717, 1.165) is 37.0 Å². The standard InChI is InChI=1S/C14H23BrN2O/c1-17(11-13(16)7-5-9-18-2)10-12-6-3-4-8-14(12)15/h3-4,6,8,13H,5,7,9-11,16H2,1-2H3. The minimum absolute atomic E-state index is 0.215. The molecule has 0 aliphatic rings. The largest absolute Gasteiger partial charge is 0.385 e. The molecule has 102 valence electrons. The summed E-state index contributed by atoms with van der Waals surface area (Å²) in [7, 11) is 3.83. The van der Waals surface area contributed by atoms with Crippen LogP contribution in [0.25, 0.3) is 0 Å². The number of hydrogen-bond donors (Lipinski definition) is 1. The van der Waals surface area contributed by atoms with Gasteiger partial charge in [0.15, 0.2) is 0 Å². The topological polar surface area (TPSA) is 38.5 Å². The van der Waals surface area contributed by atoms with E-state index in [1.54, 1.807) is 7.11 Å². The molecule has 2 N–H and O–H groups in total. The Bertz CT molecular complexity index is 346. The van der Waals surface area contributed by atoms with Crippen LogP contribution in [0.15, 0.2) is 28.7 Å². The number of nitrogens with zero attached hydrogens (tertiary/aromatic N) is 1. The third-order valence-corrected chi connectivity index (χ3v) is 3.64. The number of nitrogens with two attached hydrogens (primary N) is 1. The second kappa shape index (κ2) is 8.64. The molecular formula is C14H23BrN2O. The van der Waals surface area contributed by atoms with Gasteiger partial charge in [0.25, 0.3) is 0 Å². The maximum Gasteiger partial charge on any atom is 0.0462 e. The number of benzene rings is 1. The summed E-state index contributed by atoms with van der Waals surface area (Å²) in [5, 5.41) is 0. The first-order valence-corrected chi connectivity index (χ1v) is 7.09. The smallest absolute Gasteiger partial charge is 0.0462 e. The molecule has 4 heteroatoms. The van der Waals surface area contributed by atoms with Crippen LogP contribution < -0.4 is 5.73 Å². The molecule has 1 aromatic carbocycles. The lowest BCUT2D eigenvalue weighted by atomic mass is 10.1. The summed E-state index contributed by atoms with van der Waals surface area (Å²) in [4.78, 5) is 2.26. The zero-order valence-electron chi connectivity index (χ0n) is 11.2. The second-order valence-electron chi connectivity index (χ2n) is 4.68. The highest BCUT2D eigenvalue weighted by molar-refractivity contribution is 9.10. The van der Waals surface area contributed by atoms with Crippen molar-refractivity contribution in [3.63, 3.8) is 0 Å². The molecular weight excluding hydrogens is 292 g/mol. The highest BCUT2D eigenvalue weighted by Gasteiger charge is 2.08. The number of likely N-dealkylation sites (N-methyl/N-ethyl adjacent to an activating group) is 1. The molecule has 0 heterocycles. The molecule has 0 aliphatic heterocycles. The average Bonchev–Trinajstić information content (AvgIpc) is 2.32. The molecule has 1 aromatic rings. The fourth-order valence-corrected chi connectivity index (χ4v) is 2.37. The molecule has 0 bridgehead atoms. The van der Waals surface area contributed by atoms with Gasteiger partial charge in [-0.25, -0.2) is 0 Å². The van der Waals surface area contributed by atoms with Crippen LogP contribution in [-0.4, -0.2) is 38.3 Å². The van der Waals surface area contributed by atoms with Crippen LogP contribution in [0.4, 0.5) is 0 Å². The van der Waals surface area contributed by atoms with E-state index in [4.69, 9.17) is 10.5 Å². The molecule has 0 aromatic heterocycles. The van der Waals surface area contributed by atoms with E-state index >= 15 is 0 Å². The Hall–Kier alpha value is -0.420. The molecule has 1 rings (SSSR count). The summed E-state index contributed by atoms with van der Waals surface area (Å²) < 4.78 is 6.19. The Balaban J connectivity index is 2.33. The summed E-state index contributed by atoms with van der Waals surface area (Å²) >= 11 is 3.57. The van der Waals surface area contributed by atoms with Gasteiger partial charge in [-0.05, 0) is 31.5 Å². The molecule has 0 saturated heterocycles. The van der Waals surface area contributed by atoms with Crippen LogP contribution in [0, 0.1) is 0 Å². The minimum atomic E-state index is 0.215. The van der Waals surface area contributed by atoms with Crippen molar-refractivity contribution in [3.8, 4) is 0 Å². The molecule has 0 aliphatic carbocycles. The van der Waals surface area contributed by atoms with Crippen LogP contribution in [0.2, 0.25) is 0 Å². The Labute approximate surface area is 118 Å². The van der Waals surface area contributed by atoms with E-state index < -0.39 is 0 Å². The van der Waals surface area contributed by atoms with Crippen LogP contribution in [0.5, 0.6) is 0 Å². The quantitative estimate of drug-likeness (QED) is 0.750. The molecule has 3 nitrogen and oxygen atoms in total. The fraction of sp³-hybridized carbons (Fsp3) is 0.571. The van der Waals surface area contributed by atoms with Gasteiger partial charge >= 0.3 is 0 Å². The predicted molar refractivity (Wildman–Crippen MR) is 79.6 cm³/mol. The zero-order chi connectivity index (χ0) is 13.4. The highest BCUT2D eigenvalue weighted by Crippen LogP contribution is 2.17. The van der Waals surface area contributed by atoms with E-state index in [1.807, 2.05) is 6.07 Å². The summed E-state index contributed by atoms with van der Waals surface area (Å²) in [6, 6.07) is 8.52. The Kier molecular flexibility index (Phi) is 7.51. The SMILES string of the molecule is COCCCC(N)CN(C)Cc1ccccc1Br. The van der Waals surface area contributed by atoms with Crippen LogP contribution in [0.1, 0.15) is 18.4 Å². The molecule has 0 saturated carbocycles. The molecule has 0 amide bonds. The Morgan fingerprint density at radius 3 is 2.78 bits per heavy atom. The lowest BCUT2D eigenvalue weighted by Gasteiger charge is -2.21. The van der Waals surface area contributed by atoms with Gasteiger partial charge in [-0.3, -0.25) is 0 Å². The van der Waals surface area contributed by atoms with Crippen molar-refractivity contribution < 1.29 is 4.74 Å². The average molecular weight is 315 g/mol. The monoisotopic (exact) mass is 314 g/mol. The minimum Gasteiger partial charge on any atom is -0.385 e. The van der Waals surface area contributed by atoms with Gasteiger partial charge in [-0.1, -0.05) is 34.1 Å². The van der Waals surface area contributed by atoms with Crippen molar-refractivity contribution in [1.82, 2.24) is 4.90 Å². The maximum atomic E-state index is 6.10. The third-order valence-electron chi connectivity index (χ3n) is 2.87. The number of halogens is 1. The van der Waals surface area contributed by atoms with E-state index in [1.165, 1.54) is 5.56 Å². The molecule has 1 unspecified atom stereocenters.